The highest BCUT2D eigenvalue weighted by molar-refractivity contribution is 7.33. The second-order valence-corrected chi connectivity index (χ2v) is 29.0. The lowest BCUT2D eigenvalue weighted by Crippen LogP contribution is -2.61. The number of benzene rings is 5. The van der Waals surface area contributed by atoms with Gasteiger partial charge in [0, 0.05) is 43.3 Å². The molecule has 2 nitrogen and oxygen atoms in total. The Balaban J connectivity index is 1.22. The van der Waals surface area contributed by atoms with Crippen molar-refractivity contribution in [2.24, 2.45) is 5.92 Å². The Bertz CT molecular complexity index is 3140. The van der Waals surface area contributed by atoms with Crippen LogP contribution in [0.15, 0.2) is 72.8 Å². The second kappa shape index (κ2) is 13.8. The molecule has 1 aromatic heterocycles. The first-order chi connectivity index (χ1) is 31.6. The molecule has 0 saturated heterocycles. The molecule has 0 bridgehead atoms. The Morgan fingerprint density at radius 2 is 1.12 bits per heavy atom. The molecular weight excluding hydrogens is 840 g/mol. The number of rotatable bonds is 2. The predicted octanol–water partition coefficient (Wildman–Crippen LogP) is 16.4. The standard InChI is InChI=1S/C64H77BN2S/c1-36-26-52-55-53(27-36)67(40-18-19-45-47(31-40)61(11,12)23-22-60(45,9)10)56-43-32-42-37(2)44-20-21-64(44,17)46(42)35-54(43)68-57(56)65(55)50-33-48-49(63(15,16)25-24-62(48,13)14)34-51(50)66(52)41-29-38(58(3,4)5)28-39(30-41)59(6,7)8/h18-19,26-35,37,44H,20-25H2,1-17H3. The largest absolute Gasteiger partial charge is 0.311 e. The summed E-state index contributed by atoms with van der Waals surface area (Å²) in [6.07, 6.45) is 7.46. The molecule has 6 aliphatic rings. The van der Waals surface area contributed by atoms with Gasteiger partial charge in [0.05, 0.1) is 5.69 Å². The summed E-state index contributed by atoms with van der Waals surface area (Å²) in [5, 5.41) is 1.45. The van der Waals surface area contributed by atoms with Crippen LogP contribution >= 0.6 is 11.3 Å². The van der Waals surface area contributed by atoms with Gasteiger partial charge in [-0.2, -0.15) is 0 Å². The van der Waals surface area contributed by atoms with Crippen molar-refractivity contribution in [3.63, 3.8) is 0 Å². The zero-order valence-electron chi connectivity index (χ0n) is 44.7. The minimum atomic E-state index is -0.0169. The van der Waals surface area contributed by atoms with Gasteiger partial charge >= 0.3 is 0 Å². The third kappa shape index (κ3) is 6.13. The number of hydrogen-bond donors (Lipinski definition) is 0. The van der Waals surface area contributed by atoms with Gasteiger partial charge in [0.1, 0.15) is 0 Å². The monoisotopic (exact) mass is 917 g/mol. The average molecular weight is 917 g/mol. The van der Waals surface area contributed by atoms with E-state index in [-0.39, 0.29) is 39.2 Å². The number of thiophene rings is 1. The molecule has 1 fully saturated rings. The molecular formula is C64H77BN2S. The van der Waals surface area contributed by atoms with Gasteiger partial charge in [0.15, 0.2) is 0 Å². The van der Waals surface area contributed by atoms with Crippen molar-refractivity contribution in [2.75, 3.05) is 9.80 Å². The summed E-state index contributed by atoms with van der Waals surface area (Å²) in [7, 11) is 0. The first-order valence-electron chi connectivity index (χ1n) is 26.5. The summed E-state index contributed by atoms with van der Waals surface area (Å²) in [6, 6.07) is 31.2. The van der Waals surface area contributed by atoms with Gasteiger partial charge in [0.2, 0.25) is 0 Å². The third-order valence-electron chi connectivity index (χ3n) is 19.5. The summed E-state index contributed by atoms with van der Waals surface area (Å²) in [6.45, 7) is 41.9. The highest BCUT2D eigenvalue weighted by Gasteiger charge is 2.54. The lowest BCUT2D eigenvalue weighted by molar-refractivity contribution is 0.142. The van der Waals surface area contributed by atoms with Crippen LogP contribution < -0.4 is 25.5 Å². The fourth-order valence-corrected chi connectivity index (χ4v) is 15.9. The van der Waals surface area contributed by atoms with Crippen molar-refractivity contribution >= 4 is 78.0 Å². The van der Waals surface area contributed by atoms with Crippen LogP contribution in [0.5, 0.6) is 0 Å². The third-order valence-corrected chi connectivity index (χ3v) is 20.7. The molecule has 4 aliphatic carbocycles. The zero-order valence-corrected chi connectivity index (χ0v) is 45.5. The Morgan fingerprint density at radius 1 is 0.559 bits per heavy atom. The topological polar surface area (TPSA) is 6.48 Å². The summed E-state index contributed by atoms with van der Waals surface area (Å²) < 4.78 is 2.97. The van der Waals surface area contributed by atoms with Crippen LogP contribution in [0.1, 0.15) is 205 Å². The first-order valence-corrected chi connectivity index (χ1v) is 27.3. The molecule has 5 aromatic carbocycles. The Hall–Kier alpha value is -4.28. The Kier molecular flexibility index (Phi) is 9.09. The molecule has 0 radical (unpaired) electrons. The molecule has 12 rings (SSSR count). The molecule has 68 heavy (non-hydrogen) atoms. The molecule has 0 spiro atoms. The summed E-state index contributed by atoms with van der Waals surface area (Å²) >= 11 is 2.11. The van der Waals surface area contributed by atoms with Crippen LogP contribution in [0, 0.1) is 12.8 Å². The van der Waals surface area contributed by atoms with Crippen molar-refractivity contribution < 1.29 is 0 Å². The minimum Gasteiger partial charge on any atom is -0.311 e. The Labute approximate surface area is 414 Å². The molecule has 1 saturated carbocycles. The summed E-state index contributed by atoms with van der Waals surface area (Å²) in [5.41, 5.74) is 25.1. The number of anilines is 6. The van der Waals surface area contributed by atoms with Crippen LogP contribution in [0.4, 0.5) is 34.1 Å². The SMILES string of the molecule is Cc1cc2c3c(c1)N(c1ccc4c(c1)C(C)(C)CCC4(C)C)c1c(sc4cc5c(cc14)C(C)C1CCC51C)B3c1cc3c(cc1N2c1cc(C(C)(C)C)cc(C(C)(C)C)c1)C(C)(C)CCC3(C)C. The van der Waals surface area contributed by atoms with E-state index in [9.17, 15) is 0 Å². The van der Waals surface area contributed by atoms with E-state index >= 15 is 0 Å². The van der Waals surface area contributed by atoms with Crippen LogP contribution in [-0.4, -0.2) is 6.71 Å². The van der Waals surface area contributed by atoms with E-state index in [1.54, 1.807) is 16.7 Å². The number of aryl methyl sites for hydroxylation is 1. The molecule has 2 aliphatic heterocycles. The first kappa shape index (κ1) is 44.9. The molecule has 0 N–H and O–H groups in total. The molecule has 6 aromatic rings. The average Bonchev–Trinajstić information content (AvgIpc) is 3.68. The van der Waals surface area contributed by atoms with E-state index in [1.807, 2.05) is 0 Å². The summed E-state index contributed by atoms with van der Waals surface area (Å²) in [4.78, 5) is 5.51. The van der Waals surface area contributed by atoms with Gasteiger partial charge in [-0.25, -0.2) is 0 Å². The number of nitrogens with zero attached hydrogens (tertiary/aromatic N) is 2. The van der Waals surface area contributed by atoms with Crippen LogP contribution in [0.3, 0.4) is 0 Å². The van der Waals surface area contributed by atoms with Crippen molar-refractivity contribution in [2.45, 2.75) is 200 Å². The molecule has 4 heteroatoms. The highest BCUT2D eigenvalue weighted by atomic mass is 32.1. The normalized spacial score (nSPS) is 24.3. The van der Waals surface area contributed by atoms with Crippen molar-refractivity contribution in [1.82, 2.24) is 0 Å². The van der Waals surface area contributed by atoms with Crippen LogP contribution in [0.2, 0.25) is 0 Å². The van der Waals surface area contributed by atoms with Gasteiger partial charge in [0.25, 0.3) is 6.71 Å². The number of fused-ring (bicyclic) bond motifs is 11. The molecule has 3 unspecified atom stereocenters. The van der Waals surface area contributed by atoms with Crippen molar-refractivity contribution in [3.05, 3.63) is 123 Å². The van der Waals surface area contributed by atoms with Gasteiger partial charge in [-0.05, 0) is 211 Å². The van der Waals surface area contributed by atoms with Gasteiger partial charge in [-0.1, -0.05) is 129 Å². The van der Waals surface area contributed by atoms with Crippen molar-refractivity contribution in [1.29, 1.82) is 0 Å². The van der Waals surface area contributed by atoms with E-state index in [4.69, 9.17) is 0 Å². The molecule has 352 valence electrons. The van der Waals surface area contributed by atoms with Crippen molar-refractivity contribution in [3.8, 4) is 0 Å². The zero-order chi connectivity index (χ0) is 48.4. The maximum Gasteiger partial charge on any atom is 0.264 e. The van der Waals surface area contributed by atoms with E-state index in [0.29, 0.717) is 11.3 Å². The predicted molar refractivity (Wildman–Crippen MR) is 297 cm³/mol. The van der Waals surface area contributed by atoms with Crippen LogP contribution in [0.25, 0.3) is 10.1 Å². The quantitative estimate of drug-likeness (QED) is 0.159. The van der Waals surface area contributed by atoms with E-state index < -0.39 is 0 Å². The lowest BCUT2D eigenvalue weighted by Gasteiger charge is -2.47. The second-order valence-electron chi connectivity index (χ2n) is 27.9. The van der Waals surface area contributed by atoms with Gasteiger partial charge in [-0.15, -0.1) is 11.3 Å². The Morgan fingerprint density at radius 3 is 1.69 bits per heavy atom. The lowest BCUT2D eigenvalue weighted by atomic mass is 9.35. The van der Waals surface area contributed by atoms with Gasteiger partial charge < -0.3 is 9.80 Å². The summed E-state index contributed by atoms with van der Waals surface area (Å²) in [5.74, 6) is 1.33. The maximum atomic E-state index is 2.78. The van der Waals surface area contributed by atoms with E-state index in [1.165, 1.54) is 132 Å². The number of hydrogen-bond acceptors (Lipinski definition) is 3. The minimum absolute atomic E-state index is 0.0169. The smallest absolute Gasteiger partial charge is 0.264 e. The molecule has 0 amide bonds. The molecule has 3 heterocycles. The highest BCUT2D eigenvalue weighted by Crippen LogP contribution is 2.63. The van der Waals surface area contributed by atoms with Gasteiger partial charge in [-0.3, -0.25) is 0 Å². The van der Waals surface area contributed by atoms with E-state index in [0.717, 1.165) is 5.92 Å². The maximum absolute atomic E-state index is 2.78. The fraction of sp³-hybridized carbons (Fsp3) is 0.500. The fourth-order valence-electron chi connectivity index (χ4n) is 14.6. The van der Waals surface area contributed by atoms with E-state index in [2.05, 4.69) is 212 Å². The molecule has 3 atom stereocenters. The van der Waals surface area contributed by atoms with Crippen LogP contribution in [-0.2, 0) is 37.9 Å².